The van der Waals surface area contributed by atoms with E-state index in [-0.39, 0.29) is 21.7 Å². The molecule has 1 saturated heterocycles. The molecule has 1 aliphatic heterocycles. The van der Waals surface area contributed by atoms with Crippen LogP contribution >= 0.6 is 0 Å². The number of aryl methyl sites for hydroxylation is 2. The van der Waals surface area contributed by atoms with E-state index in [1.165, 1.54) is 55.6 Å². The Morgan fingerprint density at radius 2 is 0.605 bits per heavy atom. The number of hydrogen-bond acceptors (Lipinski definition) is 4. The summed E-state index contributed by atoms with van der Waals surface area (Å²) in [4.78, 5) is 10.2. The largest absolute Gasteiger partial charge is 0.494 e. The minimum atomic E-state index is -0.553. The Kier molecular flexibility index (Phi) is 14.8. The first kappa shape index (κ1) is 57.1. The van der Waals surface area contributed by atoms with Gasteiger partial charge in [-0.1, -0.05) is 229 Å². The number of nitrogens with zero attached hydrogens (tertiary/aromatic N) is 2. The molecular formula is C76H83BN2O2. The second-order valence-electron chi connectivity index (χ2n) is 28.0. The minimum Gasteiger partial charge on any atom is -0.399 e. The first-order valence-corrected chi connectivity index (χ1v) is 29.1. The highest BCUT2D eigenvalue weighted by atomic mass is 16.7. The van der Waals surface area contributed by atoms with E-state index >= 15 is 0 Å². The van der Waals surface area contributed by atoms with E-state index in [1.807, 2.05) is 0 Å². The molecule has 1 fully saturated rings. The third-order valence-electron chi connectivity index (χ3n) is 17.1. The van der Waals surface area contributed by atoms with Gasteiger partial charge in [-0.3, -0.25) is 9.97 Å². The highest BCUT2D eigenvalue weighted by Gasteiger charge is 2.52. The maximum Gasteiger partial charge on any atom is 0.494 e. The van der Waals surface area contributed by atoms with Crippen molar-refractivity contribution in [3.05, 3.63) is 210 Å². The average Bonchev–Trinajstić information content (AvgIpc) is 3.88. The van der Waals surface area contributed by atoms with Crippen molar-refractivity contribution in [2.45, 2.75) is 157 Å². The third-order valence-corrected chi connectivity index (χ3v) is 17.1. The lowest BCUT2D eigenvalue weighted by atomic mass is 9.75. The van der Waals surface area contributed by atoms with Crippen molar-refractivity contribution < 1.29 is 9.31 Å². The van der Waals surface area contributed by atoms with Crippen molar-refractivity contribution in [2.75, 3.05) is 0 Å². The Labute approximate surface area is 485 Å². The van der Waals surface area contributed by atoms with Crippen LogP contribution in [0.1, 0.15) is 144 Å². The molecule has 0 atom stereocenters. The van der Waals surface area contributed by atoms with Crippen LogP contribution in [0.2, 0.25) is 0 Å². The molecule has 0 bridgehead atoms. The Morgan fingerprint density at radius 1 is 0.321 bits per heavy atom. The molecule has 5 heteroatoms. The van der Waals surface area contributed by atoms with E-state index in [2.05, 4.69) is 301 Å². The molecule has 0 saturated carbocycles. The molecule has 0 unspecified atom stereocenters. The number of hydrogen-bond donors (Lipinski definition) is 0. The summed E-state index contributed by atoms with van der Waals surface area (Å²) in [5.41, 5.74) is 25.7. The first-order valence-electron chi connectivity index (χ1n) is 29.1. The van der Waals surface area contributed by atoms with Crippen LogP contribution < -0.4 is 5.46 Å². The lowest BCUT2D eigenvalue weighted by molar-refractivity contribution is 0.00578. The highest BCUT2D eigenvalue weighted by molar-refractivity contribution is 6.62. The van der Waals surface area contributed by atoms with Gasteiger partial charge in [-0.05, 0) is 176 Å². The van der Waals surface area contributed by atoms with E-state index in [1.54, 1.807) is 0 Å². The molecule has 0 N–H and O–H groups in total. The van der Waals surface area contributed by atoms with Crippen molar-refractivity contribution in [3.63, 3.8) is 0 Å². The molecule has 3 heterocycles. The third kappa shape index (κ3) is 11.8. The van der Waals surface area contributed by atoms with Gasteiger partial charge in [-0.2, -0.15) is 0 Å². The SMILES string of the molecule is Cc1cc(-c2ccc(-c3ccccc3-c3cc(B4OC(C)(C)C(C)(C)O4)cc(-c4ccccc4-c4ccc(-c5cc(C)c(-c6cc(C(C)(C)C)cc(C(C)(C)C)c6)cn5)cc4)c3)cc2)ncc1-c1cc(C(C)(C)C)cc(C(C)(C)C)c1. The van der Waals surface area contributed by atoms with Crippen LogP contribution in [0.5, 0.6) is 0 Å². The Balaban J connectivity index is 0.983. The van der Waals surface area contributed by atoms with Crippen LogP contribution in [-0.2, 0) is 31.0 Å². The molecule has 2 aromatic heterocycles. The normalized spacial score (nSPS) is 14.6. The summed E-state index contributed by atoms with van der Waals surface area (Å²) < 4.78 is 13.6. The van der Waals surface area contributed by atoms with Crippen LogP contribution in [0, 0.1) is 13.8 Å². The molecule has 0 spiro atoms. The van der Waals surface area contributed by atoms with Crippen molar-refractivity contribution in [3.8, 4) is 89.3 Å². The fourth-order valence-corrected chi connectivity index (χ4v) is 11.0. The van der Waals surface area contributed by atoms with Crippen molar-refractivity contribution in [2.24, 2.45) is 0 Å². The summed E-state index contributed by atoms with van der Waals surface area (Å²) in [6, 6.07) is 60.7. The van der Waals surface area contributed by atoms with E-state index in [0.717, 1.165) is 72.5 Å². The standard InChI is InChI=1S/C76H83BN2O2/c1-48-35-69(78-46-67(48)56-38-58(71(3,4)5)44-59(39-56)72(6,7)8)52-31-27-50(28-32-52)63-23-19-21-25-65(63)54-37-55(43-62(42-54)77-80-75(15,16)76(17,18)81-77)66-26-22-20-24-64(66)51-29-33-53(34-30-51)70-36-49(2)68(47-79-70)57-40-60(73(9,10)11)45-61(41-57)74(12,13)14/h19-47H,1-18H3. The van der Waals surface area contributed by atoms with Gasteiger partial charge in [-0.25, -0.2) is 0 Å². The van der Waals surface area contributed by atoms with Gasteiger partial charge in [0.2, 0.25) is 0 Å². The zero-order valence-electron chi connectivity index (χ0n) is 51.5. The van der Waals surface area contributed by atoms with Gasteiger partial charge >= 0.3 is 7.12 Å². The van der Waals surface area contributed by atoms with E-state index < -0.39 is 18.3 Å². The monoisotopic (exact) mass is 1070 g/mol. The molecule has 0 aliphatic carbocycles. The summed E-state index contributed by atoms with van der Waals surface area (Å²) in [5, 5.41) is 0. The lowest BCUT2D eigenvalue weighted by Gasteiger charge is -2.32. The number of pyridine rings is 2. The lowest BCUT2D eigenvalue weighted by Crippen LogP contribution is -2.41. The van der Waals surface area contributed by atoms with E-state index in [4.69, 9.17) is 19.3 Å². The molecule has 10 rings (SSSR count). The molecule has 0 radical (unpaired) electrons. The predicted octanol–water partition coefficient (Wildman–Crippen LogP) is 19.9. The Morgan fingerprint density at radius 3 is 0.901 bits per heavy atom. The van der Waals surface area contributed by atoms with Crippen LogP contribution in [-0.4, -0.2) is 28.3 Å². The van der Waals surface area contributed by atoms with Gasteiger partial charge < -0.3 is 9.31 Å². The summed E-state index contributed by atoms with van der Waals surface area (Å²) >= 11 is 0. The van der Waals surface area contributed by atoms with Crippen LogP contribution in [0.3, 0.4) is 0 Å². The number of benzene rings is 7. The van der Waals surface area contributed by atoms with E-state index in [0.29, 0.717) is 0 Å². The van der Waals surface area contributed by atoms with Gasteiger partial charge in [0.25, 0.3) is 0 Å². The second kappa shape index (κ2) is 21.0. The van der Waals surface area contributed by atoms with E-state index in [9.17, 15) is 0 Å². The van der Waals surface area contributed by atoms with Crippen molar-refractivity contribution in [1.29, 1.82) is 0 Å². The molecule has 1 aliphatic rings. The number of aromatic nitrogens is 2. The summed E-state index contributed by atoms with van der Waals surface area (Å²) in [6.45, 7) is 40.4. The maximum atomic E-state index is 6.79. The zero-order chi connectivity index (χ0) is 58.2. The van der Waals surface area contributed by atoms with Gasteiger partial charge in [0, 0.05) is 34.6 Å². The molecule has 9 aromatic rings. The van der Waals surface area contributed by atoms with Gasteiger partial charge in [-0.15, -0.1) is 0 Å². The van der Waals surface area contributed by atoms with Crippen molar-refractivity contribution in [1.82, 2.24) is 9.97 Å². The highest BCUT2D eigenvalue weighted by Crippen LogP contribution is 2.43. The Hall–Kier alpha value is -7.18. The minimum absolute atomic E-state index is 0.0295. The van der Waals surface area contributed by atoms with Crippen LogP contribution in [0.25, 0.3) is 89.3 Å². The molecule has 81 heavy (non-hydrogen) atoms. The molecule has 412 valence electrons. The quantitative estimate of drug-likeness (QED) is 0.135. The maximum absolute atomic E-state index is 6.79. The van der Waals surface area contributed by atoms with Gasteiger partial charge in [0.15, 0.2) is 0 Å². The zero-order valence-corrected chi connectivity index (χ0v) is 51.5. The summed E-state index contributed by atoms with van der Waals surface area (Å²) in [5.74, 6) is 0. The van der Waals surface area contributed by atoms with Gasteiger partial charge in [0.05, 0.1) is 22.6 Å². The second-order valence-corrected chi connectivity index (χ2v) is 28.0. The Bertz CT molecular complexity index is 3510. The topological polar surface area (TPSA) is 44.2 Å². The number of rotatable bonds is 9. The average molecular weight is 1070 g/mol. The van der Waals surface area contributed by atoms with Crippen LogP contribution in [0.4, 0.5) is 0 Å². The van der Waals surface area contributed by atoms with Crippen LogP contribution in [0.15, 0.2) is 176 Å². The van der Waals surface area contributed by atoms with Crippen molar-refractivity contribution >= 4 is 12.6 Å². The summed E-state index contributed by atoms with van der Waals surface area (Å²) in [6.07, 6.45) is 4.13. The van der Waals surface area contributed by atoms with Gasteiger partial charge in [0.1, 0.15) is 0 Å². The molecule has 0 amide bonds. The molecular weight excluding hydrogens is 984 g/mol. The smallest absolute Gasteiger partial charge is 0.399 e. The molecule has 7 aromatic carbocycles. The predicted molar refractivity (Wildman–Crippen MR) is 346 cm³/mol. The first-order chi connectivity index (χ1) is 37.9. The molecule has 4 nitrogen and oxygen atoms in total. The summed E-state index contributed by atoms with van der Waals surface area (Å²) in [7, 11) is -0.553. The fourth-order valence-electron chi connectivity index (χ4n) is 11.0. The fraction of sp³-hybridized carbons (Fsp3) is 0.316.